The van der Waals surface area contributed by atoms with E-state index in [9.17, 15) is 19.2 Å². The summed E-state index contributed by atoms with van der Waals surface area (Å²) in [6.07, 6.45) is -1.27. The molecule has 0 radical (unpaired) electrons. The highest BCUT2D eigenvalue weighted by Gasteiger charge is 2.36. The molecule has 2 N–H and O–H groups in total. The Morgan fingerprint density at radius 3 is 2.10 bits per heavy atom. The molecule has 7 heteroatoms. The number of carbonyl (C=O) groups is 4. The molecule has 0 spiro atoms. The maximum Gasteiger partial charge on any atom is 0.339 e. The zero-order chi connectivity index (χ0) is 22.0. The lowest BCUT2D eigenvalue weighted by atomic mass is 10.1. The molecule has 31 heavy (non-hydrogen) atoms. The quantitative estimate of drug-likeness (QED) is 0.493. The Labute approximate surface area is 178 Å². The number of benzene rings is 3. The topological polar surface area (TPSA) is 107 Å². The van der Waals surface area contributed by atoms with Crippen LogP contribution >= 0.6 is 0 Å². The lowest BCUT2D eigenvalue weighted by Crippen LogP contribution is -2.29. The van der Waals surface area contributed by atoms with E-state index in [-0.39, 0.29) is 23.2 Å². The van der Waals surface area contributed by atoms with E-state index < -0.39 is 29.8 Å². The van der Waals surface area contributed by atoms with Gasteiger partial charge in [-0.1, -0.05) is 60.7 Å². The summed E-state index contributed by atoms with van der Waals surface area (Å²) in [6, 6.07) is 21.6. The summed E-state index contributed by atoms with van der Waals surface area (Å²) in [4.78, 5) is 51.1. The van der Waals surface area contributed by atoms with Gasteiger partial charge in [-0.05, 0) is 23.8 Å². The van der Waals surface area contributed by atoms with Gasteiger partial charge in [0, 0.05) is 5.56 Å². The van der Waals surface area contributed by atoms with Gasteiger partial charge in [-0.2, -0.15) is 0 Å². The number of hydrogen-bond acceptors (Lipinski definition) is 5. The molecule has 4 rings (SSSR count). The van der Waals surface area contributed by atoms with Crippen LogP contribution in [0.5, 0.6) is 0 Å². The highest BCUT2D eigenvalue weighted by molar-refractivity contribution is 6.21. The molecule has 154 valence electrons. The molecule has 0 aliphatic carbocycles. The van der Waals surface area contributed by atoms with Crippen molar-refractivity contribution in [2.24, 2.45) is 5.73 Å². The lowest BCUT2D eigenvalue weighted by molar-refractivity contribution is -0.127. The number of nitrogens with two attached hydrogens (primary N) is 1. The summed E-state index contributed by atoms with van der Waals surface area (Å²) in [7, 11) is 0. The molecule has 1 atom stereocenters. The number of carbonyl (C=O) groups excluding carboxylic acids is 4. The molecule has 0 saturated heterocycles. The van der Waals surface area contributed by atoms with Crippen LogP contribution in [-0.2, 0) is 16.1 Å². The second kappa shape index (κ2) is 8.23. The predicted octanol–water partition coefficient (Wildman–Crippen LogP) is 2.87. The maximum absolute atomic E-state index is 12.8. The van der Waals surface area contributed by atoms with E-state index >= 15 is 0 Å². The molecule has 3 aromatic rings. The molecule has 1 heterocycles. The fourth-order valence-electron chi connectivity index (χ4n) is 3.42. The second-order valence-corrected chi connectivity index (χ2v) is 7.04. The second-order valence-electron chi connectivity index (χ2n) is 7.04. The third-order valence-electron chi connectivity index (χ3n) is 4.98. The van der Waals surface area contributed by atoms with Gasteiger partial charge < -0.3 is 10.5 Å². The van der Waals surface area contributed by atoms with Gasteiger partial charge in [0.25, 0.3) is 17.7 Å². The van der Waals surface area contributed by atoms with E-state index in [1.54, 1.807) is 30.3 Å². The van der Waals surface area contributed by atoms with E-state index in [1.807, 2.05) is 30.3 Å². The minimum absolute atomic E-state index is 0.0450. The first-order valence-corrected chi connectivity index (χ1v) is 9.55. The summed E-state index contributed by atoms with van der Waals surface area (Å²) < 4.78 is 5.31. The molecule has 0 fully saturated rings. The summed E-state index contributed by atoms with van der Waals surface area (Å²) in [5, 5.41) is 0. The number of imide groups is 1. The Balaban J connectivity index is 1.56. The van der Waals surface area contributed by atoms with Crippen molar-refractivity contribution in [1.82, 2.24) is 4.90 Å². The van der Waals surface area contributed by atoms with Gasteiger partial charge in [0.2, 0.25) is 6.10 Å². The number of amides is 3. The number of fused-ring (bicyclic) bond motifs is 1. The molecular weight excluding hydrogens is 396 g/mol. The molecule has 0 saturated carbocycles. The van der Waals surface area contributed by atoms with Crippen LogP contribution < -0.4 is 5.73 Å². The zero-order valence-corrected chi connectivity index (χ0v) is 16.4. The Morgan fingerprint density at radius 1 is 0.839 bits per heavy atom. The summed E-state index contributed by atoms with van der Waals surface area (Å²) in [5.74, 6) is -2.56. The minimum atomic E-state index is -1.27. The van der Waals surface area contributed by atoms with Crippen LogP contribution in [0.3, 0.4) is 0 Å². The Kier molecular flexibility index (Phi) is 5.32. The first-order chi connectivity index (χ1) is 15.0. The van der Waals surface area contributed by atoms with Crippen molar-refractivity contribution >= 4 is 23.7 Å². The van der Waals surface area contributed by atoms with Crippen LogP contribution in [-0.4, -0.2) is 28.6 Å². The third kappa shape index (κ3) is 3.93. The smallest absolute Gasteiger partial charge is 0.339 e. The van der Waals surface area contributed by atoms with Crippen molar-refractivity contribution in [3.8, 4) is 0 Å². The first kappa shape index (κ1) is 20.0. The number of hydrogen-bond donors (Lipinski definition) is 1. The Bertz CT molecular complexity index is 1180. The van der Waals surface area contributed by atoms with Gasteiger partial charge in [-0.3, -0.25) is 19.3 Å². The third-order valence-corrected chi connectivity index (χ3v) is 4.98. The van der Waals surface area contributed by atoms with E-state index in [0.717, 1.165) is 10.5 Å². The molecule has 0 unspecified atom stereocenters. The monoisotopic (exact) mass is 414 g/mol. The molecular formula is C24H18N2O5. The van der Waals surface area contributed by atoms with E-state index in [2.05, 4.69) is 0 Å². The predicted molar refractivity (Wildman–Crippen MR) is 111 cm³/mol. The average Bonchev–Trinajstić information content (AvgIpc) is 3.02. The first-order valence-electron chi connectivity index (χ1n) is 9.55. The highest BCUT2D eigenvalue weighted by atomic mass is 16.5. The average molecular weight is 414 g/mol. The molecule has 1 aliphatic rings. The Morgan fingerprint density at radius 2 is 1.45 bits per heavy atom. The Hall–Kier alpha value is -4.26. The van der Waals surface area contributed by atoms with E-state index in [0.29, 0.717) is 5.56 Å². The van der Waals surface area contributed by atoms with Crippen molar-refractivity contribution < 1.29 is 23.9 Å². The van der Waals surface area contributed by atoms with Crippen LogP contribution in [0.4, 0.5) is 0 Å². The van der Waals surface area contributed by atoms with Crippen LogP contribution in [0.15, 0.2) is 78.9 Å². The molecule has 1 aliphatic heterocycles. The summed E-state index contributed by atoms with van der Waals surface area (Å²) in [6.45, 7) is 0.130. The van der Waals surface area contributed by atoms with Crippen molar-refractivity contribution in [2.45, 2.75) is 12.6 Å². The SMILES string of the molecule is NC(=O)[C@H](OC(=O)c1ccc2c(c1)C(=O)N(Cc1ccccc1)C2=O)c1ccccc1. The standard InChI is InChI=1S/C24H18N2O5/c25-21(27)20(16-9-5-2-6-10-16)31-24(30)17-11-12-18-19(13-17)23(29)26(22(18)28)14-15-7-3-1-4-8-15/h1-13,20H,14H2,(H2,25,27)/t20-/m1/s1. The molecule has 3 amide bonds. The summed E-state index contributed by atoms with van der Waals surface area (Å²) >= 11 is 0. The van der Waals surface area contributed by atoms with E-state index in [1.165, 1.54) is 18.2 Å². The summed E-state index contributed by atoms with van der Waals surface area (Å²) in [5.41, 5.74) is 7.02. The van der Waals surface area contributed by atoms with Crippen molar-refractivity contribution in [3.63, 3.8) is 0 Å². The van der Waals surface area contributed by atoms with Crippen LogP contribution in [0.1, 0.15) is 48.3 Å². The van der Waals surface area contributed by atoms with Gasteiger partial charge in [-0.15, -0.1) is 0 Å². The van der Waals surface area contributed by atoms with Gasteiger partial charge in [-0.25, -0.2) is 4.79 Å². The van der Waals surface area contributed by atoms with Gasteiger partial charge in [0.1, 0.15) is 0 Å². The highest BCUT2D eigenvalue weighted by Crippen LogP contribution is 2.27. The number of nitrogens with zero attached hydrogens (tertiary/aromatic N) is 1. The van der Waals surface area contributed by atoms with Gasteiger partial charge >= 0.3 is 5.97 Å². The van der Waals surface area contributed by atoms with E-state index in [4.69, 9.17) is 10.5 Å². The zero-order valence-electron chi connectivity index (χ0n) is 16.4. The number of rotatable bonds is 6. The number of esters is 1. The van der Waals surface area contributed by atoms with Crippen molar-refractivity contribution in [3.05, 3.63) is 107 Å². The normalized spacial score (nSPS) is 13.6. The molecule has 3 aromatic carbocycles. The fourth-order valence-corrected chi connectivity index (χ4v) is 3.42. The number of primary amides is 1. The van der Waals surface area contributed by atoms with Crippen LogP contribution in [0.25, 0.3) is 0 Å². The fraction of sp³-hybridized carbons (Fsp3) is 0.0833. The largest absolute Gasteiger partial charge is 0.444 e. The molecule has 7 nitrogen and oxygen atoms in total. The van der Waals surface area contributed by atoms with Crippen LogP contribution in [0, 0.1) is 0 Å². The lowest BCUT2D eigenvalue weighted by Gasteiger charge is -2.15. The minimum Gasteiger partial charge on any atom is -0.444 e. The van der Waals surface area contributed by atoms with Gasteiger partial charge in [0.05, 0.1) is 23.2 Å². The molecule has 0 bridgehead atoms. The number of ether oxygens (including phenoxy) is 1. The van der Waals surface area contributed by atoms with Crippen molar-refractivity contribution in [2.75, 3.05) is 0 Å². The maximum atomic E-state index is 12.8. The van der Waals surface area contributed by atoms with Crippen molar-refractivity contribution in [1.29, 1.82) is 0 Å². The molecule has 0 aromatic heterocycles. The van der Waals surface area contributed by atoms with Gasteiger partial charge in [0.15, 0.2) is 0 Å². The van der Waals surface area contributed by atoms with Crippen LogP contribution in [0.2, 0.25) is 0 Å².